The molecule has 0 fully saturated rings. The Balaban J connectivity index is 1.71. The minimum Gasteiger partial charge on any atom is -0.490 e. The molecule has 5 aromatic rings. The molecule has 0 saturated heterocycles. The predicted molar refractivity (Wildman–Crippen MR) is 139 cm³/mol. The van der Waals surface area contributed by atoms with Gasteiger partial charge in [0.1, 0.15) is 17.9 Å². The molecule has 35 heavy (non-hydrogen) atoms. The van der Waals surface area contributed by atoms with E-state index >= 15 is 0 Å². The fraction of sp³-hybridized carbons (Fsp3) is 0.148. The summed E-state index contributed by atoms with van der Waals surface area (Å²) in [6, 6.07) is 25.6. The molecule has 4 aromatic carbocycles. The van der Waals surface area contributed by atoms with Crippen LogP contribution in [-0.2, 0) is 16.4 Å². The number of sulfone groups is 1. The Labute approximate surface area is 209 Å². The number of hydrogen-bond acceptors (Lipinski definition) is 5. The second-order valence-corrected chi connectivity index (χ2v) is 10.4. The molecule has 0 amide bonds. The molecule has 0 spiro atoms. The van der Waals surface area contributed by atoms with E-state index in [-0.39, 0.29) is 9.92 Å². The van der Waals surface area contributed by atoms with E-state index in [1.54, 1.807) is 35.0 Å². The topological polar surface area (TPSA) is 73.2 Å². The van der Waals surface area contributed by atoms with Crippen molar-refractivity contribution in [3.05, 3.63) is 95.5 Å². The lowest BCUT2D eigenvalue weighted by atomic mass is 10.1. The number of fused-ring (bicyclic) bond motifs is 2. The maximum atomic E-state index is 14.0. The first-order valence-corrected chi connectivity index (χ1v) is 13.1. The molecule has 1 aromatic heterocycles. The van der Waals surface area contributed by atoms with E-state index in [4.69, 9.17) is 16.3 Å². The Hall–Kier alpha value is -3.39. The van der Waals surface area contributed by atoms with Gasteiger partial charge in [0, 0.05) is 22.3 Å². The maximum absolute atomic E-state index is 14.0. The molecule has 0 saturated carbocycles. The van der Waals surface area contributed by atoms with Crippen molar-refractivity contribution in [1.29, 1.82) is 0 Å². The average Bonchev–Trinajstić information content (AvgIpc) is 3.24. The number of aromatic nitrogens is 2. The second-order valence-electron chi connectivity index (χ2n) is 8.18. The van der Waals surface area contributed by atoms with Crippen molar-refractivity contribution in [1.82, 2.24) is 15.1 Å². The highest BCUT2D eigenvalue weighted by Gasteiger charge is 2.28. The monoisotopic (exact) mass is 505 g/mol. The fourth-order valence-electron chi connectivity index (χ4n) is 4.21. The summed E-state index contributed by atoms with van der Waals surface area (Å²) in [5.74, 6) is 0.576. The van der Waals surface area contributed by atoms with Crippen LogP contribution in [0.1, 0.15) is 5.56 Å². The normalized spacial score (nSPS) is 11.8. The zero-order valence-corrected chi connectivity index (χ0v) is 20.7. The second kappa shape index (κ2) is 9.70. The molecule has 1 N–H and O–H groups in total. The van der Waals surface area contributed by atoms with Crippen molar-refractivity contribution < 1.29 is 13.2 Å². The van der Waals surface area contributed by atoms with Crippen LogP contribution in [0.4, 0.5) is 0 Å². The van der Waals surface area contributed by atoms with E-state index in [1.807, 2.05) is 61.6 Å². The smallest absolute Gasteiger partial charge is 0.226 e. The molecular formula is C27H24ClN3O3S. The molecule has 0 radical (unpaired) electrons. The van der Waals surface area contributed by atoms with Gasteiger partial charge in [-0.25, -0.2) is 8.42 Å². The van der Waals surface area contributed by atoms with Crippen LogP contribution in [0, 0.1) is 0 Å². The van der Waals surface area contributed by atoms with Crippen molar-refractivity contribution in [3.8, 4) is 5.75 Å². The van der Waals surface area contributed by atoms with Gasteiger partial charge in [-0.1, -0.05) is 66.2 Å². The van der Waals surface area contributed by atoms with E-state index in [2.05, 4.69) is 10.4 Å². The van der Waals surface area contributed by atoms with E-state index < -0.39 is 9.84 Å². The summed E-state index contributed by atoms with van der Waals surface area (Å²) in [6.07, 6.45) is 0. The summed E-state index contributed by atoms with van der Waals surface area (Å²) < 4.78 is 35.7. The molecular weight excluding hydrogens is 482 g/mol. The molecule has 0 aliphatic carbocycles. The van der Waals surface area contributed by atoms with E-state index in [0.29, 0.717) is 46.8 Å². The lowest BCUT2D eigenvalue weighted by Crippen LogP contribution is -2.16. The van der Waals surface area contributed by atoms with Crippen LogP contribution in [0.25, 0.3) is 21.7 Å². The lowest BCUT2D eigenvalue weighted by molar-refractivity contribution is 0.320. The van der Waals surface area contributed by atoms with Gasteiger partial charge in [-0.05, 0) is 48.3 Å². The SMILES string of the molecule is CNCCOc1cccc2c(S(=O)(=O)c3cccc4ccccc34)nn(Cc3cccc(Cl)c3)c12. The van der Waals surface area contributed by atoms with E-state index in [9.17, 15) is 8.42 Å². The molecule has 1 heterocycles. The number of halogens is 1. The quantitative estimate of drug-likeness (QED) is 0.289. The first-order chi connectivity index (χ1) is 17.0. The number of likely N-dealkylation sites (N-methyl/N-ethyl adjacent to an activating group) is 1. The number of ether oxygens (including phenoxy) is 1. The molecule has 0 bridgehead atoms. The van der Waals surface area contributed by atoms with Gasteiger partial charge >= 0.3 is 0 Å². The highest BCUT2D eigenvalue weighted by molar-refractivity contribution is 7.91. The number of nitrogens with one attached hydrogen (secondary N) is 1. The van der Waals surface area contributed by atoms with Gasteiger partial charge in [0.2, 0.25) is 9.84 Å². The summed E-state index contributed by atoms with van der Waals surface area (Å²) in [5.41, 5.74) is 1.53. The first kappa shape index (κ1) is 23.4. The number of para-hydroxylation sites is 1. The van der Waals surface area contributed by atoms with Crippen LogP contribution in [0.15, 0.2) is 94.9 Å². The fourth-order valence-corrected chi connectivity index (χ4v) is 6.02. The molecule has 0 atom stereocenters. The van der Waals surface area contributed by atoms with E-state index in [0.717, 1.165) is 10.9 Å². The minimum absolute atomic E-state index is 0.00458. The number of rotatable bonds is 8. The third-order valence-electron chi connectivity index (χ3n) is 5.82. The minimum atomic E-state index is -3.94. The van der Waals surface area contributed by atoms with Crippen molar-refractivity contribution in [2.24, 2.45) is 0 Å². The molecule has 8 heteroatoms. The van der Waals surface area contributed by atoms with Crippen LogP contribution >= 0.6 is 11.6 Å². The van der Waals surface area contributed by atoms with Gasteiger partial charge < -0.3 is 10.1 Å². The third kappa shape index (κ3) is 4.50. The number of hydrogen-bond donors (Lipinski definition) is 1. The zero-order chi connectivity index (χ0) is 24.4. The number of nitrogens with zero attached hydrogens (tertiary/aromatic N) is 2. The van der Waals surface area contributed by atoms with Crippen LogP contribution in [0.5, 0.6) is 5.75 Å². The molecule has 6 nitrogen and oxygen atoms in total. The molecule has 178 valence electrons. The van der Waals surface area contributed by atoms with Crippen molar-refractivity contribution >= 4 is 43.1 Å². The first-order valence-electron chi connectivity index (χ1n) is 11.2. The van der Waals surface area contributed by atoms with Crippen LogP contribution in [-0.4, -0.2) is 38.4 Å². The molecule has 0 unspecified atom stereocenters. The van der Waals surface area contributed by atoms with E-state index in [1.165, 1.54) is 0 Å². The predicted octanol–water partition coefficient (Wildman–Crippen LogP) is 5.32. The third-order valence-corrected chi connectivity index (χ3v) is 7.80. The Kier molecular flexibility index (Phi) is 6.47. The van der Waals surface area contributed by atoms with Gasteiger partial charge in [0.15, 0.2) is 5.03 Å². The van der Waals surface area contributed by atoms with Gasteiger partial charge in [0.05, 0.1) is 11.4 Å². The Morgan fingerprint density at radius 1 is 0.943 bits per heavy atom. The van der Waals surface area contributed by atoms with Gasteiger partial charge in [-0.3, -0.25) is 4.68 Å². The molecule has 5 rings (SSSR count). The van der Waals surface area contributed by atoms with Gasteiger partial charge in [0.25, 0.3) is 0 Å². The largest absolute Gasteiger partial charge is 0.490 e. The van der Waals surface area contributed by atoms with Crippen molar-refractivity contribution in [2.75, 3.05) is 20.2 Å². The lowest BCUT2D eigenvalue weighted by Gasteiger charge is -2.10. The van der Waals surface area contributed by atoms with Gasteiger partial charge in [-0.2, -0.15) is 5.10 Å². The Morgan fingerprint density at radius 2 is 1.69 bits per heavy atom. The van der Waals surface area contributed by atoms with Crippen molar-refractivity contribution in [2.45, 2.75) is 16.5 Å². The number of benzene rings is 4. The van der Waals surface area contributed by atoms with Crippen LogP contribution < -0.4 is 10.1 Å². The summed E-state index contributed by atoms with van der Waals surface area (Å²) in [5, 5.41) is 10.3. The summed E-state index contributed by atoms with van der Waals surface area (Å²) in [6.45, 7) is 1.43. The van der Waals surface area contributed by atoms with Crippen LogP contribution in [0.3, 0.4) is 0 Å². The zero-order valence-electron chi connectivity index (χ0n) is 19.1. The van der Waals surface area contributed by atoms with Crippen LogP contribution in [0.2, 0.25) is 5.02 Å². The Morgan fingerprint density at radius 3 is 2.51 bits per heavy atom. The summed E-state index contributed by atoms with van der Waals surface area (Å²) >= 11 is 6.20. The molecule has 0 aliphatic heterocycles. The summed E-state index contributed by atoms with van der Waals surface area (Å²) in [4.78, 5) is 0.228. The molecule has 0 aliphatic rings. The standard InChI is InChI=1S/C27H24ClN3O3S/c1-29-15-16-34-24-13-6-12-23-26(24)31(18-19-7-4-10-21(28)17-19)30-27(23)35(32,33)25-14-5-9-20-8-2-3-11-22(20)25/h2-14,17,29H,15-16,18H2,1H3. The summed E-state index contributed by atoms with van der Waals surface area (Å²) in [7, 11) is -2.09. The highest BCUT2D eigenvalue weighted by atomic mass is 35.5. The van der Waals surface area contributed by atoms with Crippen molar-refractivity contribution in [3.63, 3.8) is 0 Å². The average molecular weight is 506 g/mol. The van der Waals surface area contributed by atoms with Gasteiger partial charge in [-0.15, -0.1) is 0 Å². The Bertz CT molecular complexity index is 1620. The highest BCUT2D eigenvalue weighted by Crippen LogP contribution is 2.35. The maximum Gasteiger partial charge on any atom is 0.226 e.